The van der Waals surface area contributed by atoms with Crippen LogP contribution in [0.15, 0.2) is 82.3 Å². The standard InChI is InChI=1S/C27H19N3O7S/c28-15-22-25(17-6-2-1-3-7-17)21(26(31)29(27(22)32)18-12-13-38(35,36)16-18)14-19-10-11-24(37-19)20-8-4-5-9-23(20)30(33)34/h1-11,14,18H,12-13,16H2/b21-14+. The molecule has 0 spiro atoms. The first-order valence-corrected chi connectivity index (χ1v) is 13.4. The highest BCUT2D eigenvalue weighted by Gasteiger charge is 2.45. The molecule has 38 heavy (non-hydrogen) atoms. The van der Waals surface area contributed by atoms with Crippen molar-refractivity contribution in [2.45, 2.75) is 12.5 Å². The van der Waals surface area contributed by atoms with Crippen LogP contribution in [0.25, 0.3) is 23.0 Å². The number of para-hydroxylation sites is 1. The van der Waals surface area contributed by atoms with E-state index in [-0.39, 0.29) is 57.4 Å². The van der Waals surface area contributed by atoms with E-state index in [1.54, 1.807) is 36.4 Å². The molecular formula is C27H19N3O7S. The second-order valence-electron chi connectivity index (χ2n) is 8.80. The van der Waals surface area contributed by atoms with Gasteiger partial charge in [-0.05, 0) is 36.3 Å². The topological polar surface area (TPSA) is 152 Å². The second kappa shape index (κ2) is 9.57. The minimum atomic E-state index is -3.43. The van der Waals surface area contributed by atoms with E-state index in [2.05, 4.69) is 0 Å². The Hall–Kier alpha value is -4.82. The van der Waals surface area contributed by atoms with E-state index in [4.69, 9.17) is 4.42 Å². The Kier molecular flexibility index (Phi) is 6.26. The van der Waals surface area contributed by atoms with Gasteiger partial charge in [-0.15, -0.1) is 0 Å². The predicted octanol–water partition coefficient (Wildman–Crippen LogP) is 3.77. The van der Waals surface area contributed by atoms with Crippen molar-refractivity contribution in [2.75, 3.05) is 11.5 Å². The van der Waals surface area contributed by atoms with Gasteiger partial charge in [0.15, 0.2) is 9.84 Å². The molecule has 0 bridgehead atoms. The van der Waals surface area contributed by atoms with Gasteiger partial charge in [0.05, 0.1) is 33.6 Å². The fourth-order valence-electron chi connectivity index (χ4n) is 4.70. The van der Waals surface area contributed by atoms with Gasteiger partial charge in [-0.3, -0.25) is 24.6 Å². The summed E-state index contributed by atoms with van der Waals surface area (Å²) in [6.07, 6.45) is 1.44. The average Bonchev–Trinajstić information content (AvgIpc) is 3.52. The molecule has 0 saturated carbocycles. The van der Waals surface area contributed by atoms with E-state index >= 15 is 0 Å². The summed E-state index contributed by atoms with van der Waals surface area (Å²) >= 11 is 0. The van der Waals surface area contributed by atoms with E-state index in [0.29, 0.717) is 5.56 Å². The zero-order valence-corrected chi connectivity index (χ0v) is 20.6. The van der Waals surface area contributed by atoms with Gasteiger partial charge in [0.25, 0.3) is 17.5 Å². The highest BCUT2D eigenvalue weighted by Crippen LogP contribution is 2.38. The van der Waals surface area contributed by atoms with Gasteiger partial charge in [-0.25, -0.2) is 8.42 Å². The van der Waals surface area contributed by atoms with Crippen molar-refractivity contribution in [1.82, 2.24) is 4.90 Å². The highest BCUT2D eigenvalue weighted by atomic mass is 32.2. The summed E-state index contributed by atoms with van der Waals surface area (Å²) in [6.45, 7) is 0. The van der Waals surface area contributed by atoms with Gasteiger partial charge in [0, 0.05) is 11.6 Å². The molecule has 1 unspecified atom stereocenters. The van der Waals surface area contributed by atoms with Crippen LogP contribution in [0.3, 0.4) is 0 Å². The Balaban J connectivity index is 1.66. The largest absolute Gasteiger partial charge is 0.456 e. The Labute approximate surface area is 217 Å². The van der Waals surface area contributed by atoms with Crippen LogP contribution in [0.2, 0.25) is 0 Å². The zero-order chi connectivity index (χ0) is 27.0. The lowest BCUT2D eigenvalue weighted by molar-refractivity contribution is -0.384. The maximum absolute atomic E-state index is 13.8. The number of hydrogen-bond acceptors (Lipinski definition) is 8. The minimum Gasteiger partial charge on any atom is -0.456 e. The molecule has 2 aliphatic heterocycles. The number of nitrogens with zero attached hydrogens (tertiary/aromatic N) is 3. The molecular weight excluding hydrogens is 510 g/mol. The summed E-state index contributed by atoms with van der Waals surface area (Å²) in [5, 5.41) is 21.4. The Morgan fingerprint density at radius 1 is 1.03 bits per heavy atom. The quantitative estimate of drug-likeness (QED) is 0.210. The third-order valence-electron chi connectivity index (χ3n) is 6.43. The summed E-state index contributed by atoms with van der Waals surface area (Å²) in [5.41, 5.74) is 0.300. The van der Waals surface area contributed by atoms with Crippen LogP contribution in [0.1, 0.15) is 17.7 Å². The number of nitriles is 1. The Morgan fingerprint density at radius 2 is 1.74 bits per heavy atom. The third-order valence-corrected chi connectivity index (χ3v) is 8.18. The molecule has 10 nitrogen and oxygen atoms in total. The van der Waals surface area contributed by atoms with E-state index in [1.807, 2.05) is 6.07 Å². The Bertz CT molecular complexity index is 1700. The molecule has 190 valence electrons. The lowest BCUT2D eigenvalue weighted by Gasteiger charge is -2.32. The van der Waals surface area contributed by atoms with E-state index in [1.165, 1.54) is 36.4 Å². The monoisotopic (exact) mass is 529 g/mol. The van der Waals surface area contributed by atoms with Crippen LogP contribution < -0.4 is 0 Å². The van der Waals surface area contributed by atoms with E-state index in [0.717, 1.165) is 4.90 Å². The molecule has 11 heteroatoms. The number of rotatable bonds is 5. The van der Waals surface area contributed by atoms with Crippen molar-refractivity contribution in [3.05, 3.63) is 99.3 Å². The van der Waals surface area contributed by atoms with Gasteiger partial charge < -0.3 is 4.42 Å². The summed E-state index contributed by atoms with van der Waals surface area (Å²) in [7, 11) is -3.43. The van der Waals surface area contributed by atoms with Crippen LogP contribution in [0.4, 0.5) is 5.69 Å². The molecule has 0 radical (unpaired) electrons. The van der Waals surface area contributed by atoms with E-state index < -0.39 is 32.6 Å². The zero-order valence-electron chi connectivity index (χ0n) is 19.7. The van der Waals surface area contributed by atoms with Crippen molar-refractivity contribution in [1.29, 1.82) is 5.26 Å². The fourth-order valence-corrected chi connectivity index (χ4v) is 6.40. The number of carbonyl (C=O) groups is 2. The van der Waals surface area contributed by atoms with Crippen molar-refractivity contribution in [3.8, 4) is 17.4 Å². The third kappa shape index (κ3) is 4.42. The number of sulfone groups is 1. The number of amides is 2. The van der Waals surface area contributed by atoms with Gasteiger partial charge in [0.1, 0.15) is 23.2 Å². The molecule has 2 amide bonds. The highest BCUT2D eigenvalue weighted by molar-refractivity contribution is 7.91. The molecule has 2 aromatic carbocycles. The number of nitro groups is 1. The van der Waals surface area contributed by atoms with Gasteiger partial charge in [-0.2, -0.15) is 5.26 Å². The molecule has 0 N–H and O–H groups in total. The van der Waals surface area contributed by atoms with E-state index in [9.17, 15) is 33.4 Å². The van der Waals surface area contributed by atoms with Crippen molar-refractivity contribution >= 4 is 39.0 Å². The van der Waals surface area contributed by atoms with Gasteiger partial charge in [-0.1, -0.05) is 42.5 Å². The number of benzene rings is 2. The smallest absolute Gasteiger partial charge is 0.280 e. The van der Waals surface area contributed by atoms with Crippen LogP contribution in [0, 0.1) is 21.4 Å². The van der Waals surface area contributed by atoms with Crippen LogP contribution in [-0.4, -0.2) is 47.6 Å². The van der Waals surface area contributed by atoms with Crippen LogP contribution in [0.5, 0.6) is 0 Å². The fraction of sp³-hybridized carbons (Fsp3) is 0.148. The lowest BCUT2D eigenvalue weighted by atomic mass is 9.87. The van der Waals surface area contributed by atoms with Crippen molar-refractivity contribution in [2.24, 2.45) is 0 Å². The molecule has 1 atom stereocenters. The number of carbonyl (C=O) groups excluding carboxylic acids is 2. The number of imide groups is 1. The summed E-state index contributed by atoms with van der Waals surface area (Å²) < 4.78 is 30.1. The van der Waals surface area contributed by atoms with Crippen LogP contribution >= 0.6 is 0 Å². The van der Waals surface area contributed by atoms with Gasteiger partial charge in [0.2, 0.25) is 0 Å². The first kappa shape index (κ1) is 24.9. The summed E-state index contributed by atoms with van der Waals surface area (Å²) in [6, 6.07) is 18.5. The molecule has 2 aliphatic rings. The summed E-state index contributed by atoms with van der Waals surface area (Å²) in [5.74, 6) is -1.80. The molecule has 1 saturated heterocycles. The minimum absolute atomic E-state index is 0.0277. The summed E-state index contributed by atoms with van der Waals surface area (Å²) in [4.78, 5) is 38.9. The number of nitro benzene ring substituents is 1. The number of hydrogen-bond donors (Lipinski definition) is 0. The van der Waals surface area contributed by atoms with Crippen molar-refractivity contribution < 1.29 is 27.3 Å². The molecule has 5 rings (SSSR count). The second-order valence-corrected chi connectivity index (χ2v) is 11.0. The SMILES string of the molecule is N#CC1=C(c2ccccc2)/C(=C\c2ccc(-c3ccccc3[N+](=O)[O-])o2)C(=O)N(C2CCS(=O)(=O)C2)C1=O. The first-order chi connectivity index (χ1) is 18.2. The Morgan fingerprint density at radius 3 is 2.39 bits per heavy atom. The molecule has 0 aliphatic carbocycles. The predicted molar refractivity (Wildman–Crippen MR) is 137 cm³/mol. The molecule has 1 aromatic heterocycles. The average molecular weight is 530 g/mol. The number of furan rings is 1. The maximum atomic E-state index is 13.8. The lowest BCUT2D eigenvalue weighted by Crippen LogP contribution is -2.49. The molecule has 1 fully saturated rings. The van der Waals surface area contributed by atoms with Gasteiger partial charge >= 0.3 is 0 Å². The normalized spacial score (nSPS) is 20.1. The molecule has 3 aromatic rings. The molecule has 3 heterocycles. The first-order valence-electron chi connectivity index (χ1n) is 11.5. The van der Waals surface area contributed by atoms with Crippen molar-refractivity contribution in [3.63, 3.8) is 0 Å². The van der Waals surface area contributed by atoms with Crippen LogP contribution in [-0.2, 0) is 19.4 Å². The maximum Gasteiger partial charge on any atom is 0.280 e.